The molecule has 2 aromatic heterocycles. The lowest BCUT2D eigenvalue weighted by Crippen LogP contribution is -2.52. The maximum Gasteiger partial charge on any atom is 0.191 e. The number of aryl methyl sites for hydroxylation is 1. The third kappa shape index (κ3) is 7.44. The molecule has 0 saturated carbocycles. The molecule has 0 unspecified atom stereocenters. The van der Waals surface area contributed by atoms with E-state index in [9.17, 15) is 0 Å². The van der Waals surface area contributed by atoms with E-state index < -0.39 is 0 Å². The normalized spacial score (nSPS) is 15.7. The van der Waals surface area contributed by atoms with E-state index in [0.29, 0.717) is 0 Å². The molecule has 3 rings (SSSR count). The summed E-state index contributed by atoms with van der Waals surface area (Å²) in [6, 6.07) is 4.39. The Kier molecular flexibility index (Phi) is 10.5. The molecule has 1 saturated heterocycles. The standard InChI is InChI=1S/C21H33N5OS2.HI/c1-5-22-20(24-15-21(3,4)26-10-12-27-13-11-26)23-9-8-17-6-7-19(29-17)18-14-28-16(2)25-18;/h6-7,14H,5,8-13,15H2,1-4H3,(H2,22,23,24);1H. The summed E-state index contributed by atoms with van der Waals surface area (Å²) in [7, 11) is 0. The van der Waals surface area contributed by atoms with Crippen LogP contribution in [0.3, 0.4) is 0 Å². The van der Waals surface area contributed by atoms with Crippen LogP contribution < -0.4 is 10.6 Å². The summed E-state index contributed by atoms with van der Waals surface area (Å²) in [5, 5.41) is 10.1. The number of ether oxygens (including phenoxy) is 1. The number of nitrogens with one attached hydrogen (secondary N) is 2. The third-order valence-electron chi connectivity index (χ3n) is 5.03. The van der Waals surface area contributed by atoms with Crippen LogP contribution in [-0.4, -0.2) is 67.3 Å². The maximum atomic E-state index is 5.48. The van der Waals surface area contributed by atoms with Crippen LogP contribution in [0.2, 0.25) is 0 Å². The molecule has 2 aromatic rings. The first kappa shape index (κ1) is 25.5. The molecule has 0 bridgehead atoms. The summed E-state index contributed by atoms with van der Waals surface area (Å²) in [4.78, 5) is 14.5. The van der Waals surface area contributed by atoms with Crippen molar-refractivity contribution in [2.45, 2.75) is 39.7 Å². The Balaban J connectivity index is 0.00000320. The van der Waals surface area contributed by atoms with Gasteiger partial charge in [-0.1, -0.05) is 0 Å². The molecule has 0 aromatic carbocycles. The van der Waals surface area contributed by atoms with Crippen LogP contribution in [0.25, 0.3) is 10.6 Å². The Labute approximate surface area is 205 Å². The molecular formula is C21H34IN5OS2. The zero-order chi connectivity index (χ0) is 20.7. The molecule has 1 fully saturated rings. The molecule has 1 aliphatic heterocycles. The predicted molar refractivity (Wildman–Crippen MR) is 140 cm³/mol. The molecule has 30 heavy (non-hydrogen) atoms. The maximum absolute atomic E-state index is 5.48. The van der Waals surface area contributed by atoms with Crippen LogP contribution in [0.5, 0.6) is 0 Å². The number of nitrogens with zero attached hydrogens (tertiary/aromatic N) is 3. The highest BCUT2D eigenvalue weighted by atomic mass is 127. The first-order valence-corrected chi connectivity index (χ1v) is 12.0. The van der Waals surface area contributed by atoms with Crippen LogP contribution >= 0.6 is 46.7 Å². The Morgan fingerprint density at radius 3 is 2.70 bits per heavy atom. The topological polar surface area (TPSA) is 61.8 Å². The van der Waals surface area contributed by atoms with Gasteiger partial charge in [-0.25, -0.2) is 4.98 Å². The number of hydrogen-bond donors (Lipinski definition) is 2. The van der Waals surface area contributed by atoms with E-state index in [2.05, 4.69) is 65.7 Å². The Hall–Kier alpha value is -0.750. The molecule has 6 nitrogen and oxygen atoms in total. The summed E-state index contributed by atoms with van der Waals surface area (Å²) in [6.07, 6.45) is 0.977. The zero-order valence-corrected chi connectivity index (χ0v) is 22.3. The van der Waals surface area contributed by atoms with Gasteiger partial charge >= 0.3 is 0 Å². The third-order valence-corrected chi connectivity index (χ3v) is 6.97. The molecule has 0 spiro atoms. The SMILES string of the molecule is CCNC(=NCC(C)(C)N1CCOCC1)NCCc1ccc(-c2csc(C)n2)s1.I. The lowest BCUT2D eigenvalue weighted by atomic mass is 10.0. The van der Waals surface area contributed by atoms with Gasteiger partial charge in [0, 0.05) is 42.0 Å². The summed E-state index contributed by atoms with van der Waals surface area (Å²) in [5.74, 6) is 0.890. The van der Waals surface area contributed by atoms with E-state index in [4.69, 9.17) is 9.73 Å². The smallest absolute Gasteiger partial charge is 0.191 e. The van der Waals surface area contributed by atoms with Gasteiger partial charge in [-0.05, 0) is 46.2 Å². The Morgan fingerprint density at radius 2 is 2.03 bits per heavy atom. The minimum absolute atomic E-state index is 0. The highest BCUT2D eigenvalue weighted by Crippen LogP contribution is 2.29. The molecule has 168 valence electrons. The number of guanidine groups is 1. The van der Waals surface area contributed by atoms with Crippen molar-refractivity contribution in [3.05, 3.63) is 27.4 Å². The minimum atomic E-state index is 0. The van der Waals surface area contributed by atoms with Crippen molar-refractivity contribution in [2.24, 2.45) is 4.99 Å². The molecule has 0 aliphatic carbocycles. The van der Waals surface area contributed by atoms with Gasteiger partial charge in [-0.2, -0.15) is 0 Å². The first-order valence-electron chi connectivity index (χ1n) is 10.3. The van der Waals surface area contributed by atoms with Crippen LogP contribution in [0.4, 0.5) is 0 Å². The minimum Gasteiger partial charge on any atom is -0.379 e. The lowest BCUT2D eigenvalue weighted by molar-refractivity contribution is -0.00683. The second-order valence-electron chi connectivity index (χ2n) is 7.80. The molecule has 0 radical (unpaired) electrons. The van der Waals surface area contributed by atoms with Crippen molar-refractivity contribution in [3.8, 4) is 10.6 Å². The number of aliphatic imine (C=N–C) groups is 1. The molecule has 9 heteroatoms. The number of morpholine rings is 1. The first-order chi connectivity index (χ1) is 14.0. The largest absolute Gasteiger partial charge is 0.379 e. The fraction of sp³-hybridized carbons (Fsp3) is 0.619. The summed E-state index contributed by atoms with van der Waals surface area (Å²) < 4.78 is 5.48. The number of rotatable bonds is 8. The van der Waals surface area contributed by atoms with Crippen LogP contribution in [0.1, 0.15) is 30.7 Å². The van der Waals surface area contributed by atoms with Crippen molar-refractivity contribution in [1.82, 2.24) is 20.5 Å². The summed E-state index contributed by atoms with van der Waals surface area (Å²) >= 11 is 3.53. The molecule has 3 heterocycles. The van der Waals surface area contributed by atoms with Gasteiger partial charge < -0.3 is 15.4 Å². The van der Waals surface area contributed by atoms with Crippen molar-refractivity contribution in [2.75, 3.05) is 45.9 Å². The van der Waals surface area contributed by atoms with Gasteiger partial charge in [-0.3, -0.25) is 9.89 Å². The highest BCUT2D eigenvalue weighted by molar-refractivity contribution is 14.0. The zero-order valence-electron chi connectivity index (χ0n) is 18.4. The van der Waals surface area contributed by atoms with E-state index in [0.717, 1.165) is 69.0 Å². The quantitative estimate of drug-likeness (QED) is 0.289. The van der Waals surface area contributed by atoms with E-state index in [1.165, 1.54) is 9.75 Å². The van der Waals surface area contributed by atoms with Crippen molar-refractivity contribution < 1.29 is 4.74 Å². The van der Waals surface area contributed by atoms with Gasteiger partial charge in [0.1, 0.15) is 0 Å². The van der Waals surface area contributed by atoms with Gasteiger partial charge in [0.15, 0.2) is 5.96 Å². The van der Waals surface area contributed by atoms with Crippen molar-refractivity contribution in [1.29, 1.82) is 0 Å². The summed E-state index contributed by atoms with van der Waals surface area (Å²) in [5.41, 5.74) is 1.12. The molecule has 0 atom stereocenters. The van der Waals surface area contributed by atoms with Crippen LogP contribution in [-0.2, 0) is 11.2 Å². The van der Waals surface area contributed by atoms with E-state index in [1.54, 1.807) is 11.3 Å². The number of aromatic nitrogens is 1. The van der Waals surface area contributed by atoms with Crippen LogP contribution in [0, 0.1) is 6.92 Å². The lowest BCUT2D eigenvalue weighted by Gasteiger charge is -2.39. The fourth-order valence-corrected chi connectivity index (χ4v) is 4.97. The van der Waals surface area contributed by atoms with Gasteiger partial charge in [0.05, 0.1) is 35.3 Å². The van der Waals surface area contributed by atoms with Gasteiger partial charge in [0.25, 0.3) is 0 Å². The van der Waals surface area contributed by atoms with Gasteiger partial charge in [0.2, 0.25) is 0 Å². The average Bonchev–Trinajstić information content (AvgIpc) is 3.36. The van der Waals surface area contributed by atoms with E-state index in [-0.39, 0.29) is 29.5 Å². The van der Waals surface area contributed by atoms with Crippen LogP contribution in [0.15, 0.2) is 22.5 Å². The number of thiazole rings is 1. The van der Waals surface area contributed by atoms with Crippen molar-refractivity contribution >= 4 is 52.6 Å². The monoisotopic (exact) mass is 563 g/mol. The number of thiophene rings is 1. The molecule has 2 N–H and O–H groups in total. The van der Waals surface area contributed by atoms with Gasteiger partial charge in [-0.15, -0.1) is 46.7 Å². The number of halogens is 1. The Morgan fingerprint density at radius 1 is 1.27 bits per heavy atom. The molecule has 0 amide bonds. The second kappa shape index (κ2) is 12.3. The number of hydrogen-bond acceptors (Lipinski definition) is 6. The highest BCUT2D eigenvalue weighted by Gasteiger charge is 2.28. The van der Waals surface area contributed by atoms with E-state index in [1.807, 2.05) is 11.3 Å². The summed E-state index contributed by atoms with van der Waals surface area (Å²) in [6.45, 7) is 14.7. The predicted octanol–water partition coefficient (Wildman–Crippen LogP) is 4.01. The average molecular weight is 564 g/mol. The van der Waals surface area contributed by atoms with E-state index >= 15 is 0 Å². The molecule has 1 aliphatic rings. The molecular weight excluding hydrogens is 529 g/mol. The fourth-order valence-electron chi connectivity index (χ4n) is 3.31. The Bertz CT molecular complexity index is 799. The second-order valence-corrected chi connectivity index (χ2v) is 10.0. The van der Waals surface area contributed by atoms with Crippen molar-refractivity contribution in [3.63, 3.8) is 0 Å².